The molecule has 23 heavy (non-hydrogen) atoms. The van der Waals surface area contributed by atoms with Gasteiger partial charge in [-0.3, -0.25) is 4.79 Å². The Labute approximate surface area is 139 Å². The molecule has 7 heteroatoms. The fourth-order valence-electron chi connectivity index (χ4n) is 2.42. The lowest BCUT2D eigenvalue weighted by Crippen LogP contribution is -2.35. The van der Waals surface area contributed by atoms with E-state index in [-0.39, 0.29) is 23.5 Å². The molecule has 1 aromatic carbocycles. The highest BCUT2D eigenvalue weighted by Crippen LogP contribution is 2.28. The van der Waals surface area contributed by atoms with Crippen molar-refractivity contribution in [2.45, 2.75) is 22.4 Å². The third-order valence-electron chi connectivity index (χ3n) is 3.54. The first-order chi connectivity index (χ1) is 11.0. The number of amides is 1. The lowest BCUT2D eigenvalue weighted by atomic mass is 10.2. The Hall–Kier alpha value is -1.86. The summed E-state index contributed by atoms with van der Waals surface area (Å²) in [6.45, 7) is 0. The number of aromatic nitrogens is 1. The molecule has 1 amide bonds. The molecule has 1 aliphatic heterocycles. The average Bonchev–Trinajstić information content (AvgIpc) is 2.87. The first-order valence-corrected chi connectivity index (χ1v) is 9.86. The summed E-state index contributed by atoms with van der Waals surface area (Å²) in [6, 6.07) is 12.8. The Morgan fingerprint density at radius 1 is 1.17 bits per heavy atom. The van der Waals surface area contributed by atoms with Crippen LogP contribution < -0.4 is 5.32 Å². The summed E-state index contributed by atoms with van der Waals surface area (Å²) in [5.74, 6) is -0.129. The van der Waals surface area contributed by atoms with E-state index in [0.717, 1.165) is 4.90 Å². The van der Waals surface area contributed by atoms with Crippen molar-refractivity contribution < 1.29 is 13.2 Å². The monoisotopic (exact) mass is 348 g/mol. The van der Waals surface area contributed by atoms with Crippen LogP contribution >= 0.6 is 11.8 Å². The van der Waals surface area contributed by atoms with E-state index in [0.29, 0.717) is 17.0 Å². The van der Waals surface area contributed by atoms with Crippen LogP contribution in [-0.4, -0.2) is 36.9 Å². The van der Waals surface area contributed by atoms with E-state index in [1.165, 1.54) is 11.8 Å². The Morgan fingerprint density at radius 2 is 1.96 bits per heavy atom. The number of hydrogen-bond donors (Lipinski definition) is 1. The van der Waals surface area contributed by atoms with Crippen LogP contribution in [0.2, 0.25) is 0 Å². The number of hydrogen-bond acceptors (Lipinski definition) is 5. The quantitative estimate of drug-likeness (QED) is 0.916. The fraction of sp³-hybridized carbons (Fsp3) is 0.250. The molecule has 1 atom stereocenters. The van der Waals surface area contributed by atoms with Crippen molar-refractivity contribution in [2.24, 2.45) is 0 Å². The summed E-state index contributed by atoms with van der Waals surface area (Å²) in [5.41, 5.74) is 0.464. The maximum absolute atomic E-state index is 12.5. The molecular weight excluding hydrogens is 332 g/mol. The molecule has 3 rings (SSSR count). The van der Waals surface area contributed by atoms with Gasteiger partial charge < -0.3 is 5.32 Å². The third kappa shape index (κ3) is 4.11. The summed E-state index contributed by atoms with van der Waals surface area (Å²) in [6.07, 6.45) is 2.11. The van der Waals surface area contributed by atoms with Gasteiger partial charge in [0, 0.05) is 17.1 Å². The molecule has 1 fully saturated rings. The lowest BCUT2D eigenvalue weighted by molar-refractivity contribution is 0.0937. The molecule has 0 aliphatic carbocycles. The van der Waals surface area contributed by atoms with Crippen LogP contribution in [0.4, 0.5) is 0 Å². The van der Waals surface area contributed by atoms with Gasteiger partial charge >= 0.3 is 0 Å². The van der Waals surface area contributed by atoms with E-state index in [9.17, 15) is 13.2 Å². The molecule has 1 N–H and O–H groups in total. The Balaban J connectivity index is 1.76. The van der Waals surface area contributed by atoms with Gasteiger partial charge in [-0.2, -0.15) is 0 Å². The highest BCUT2D eigenvalue weighted by Gasteiger charge is 2.29. The summed E-state index contributed by atoms with van der Waals surface area (Å²) in [5, 5.41) is 3.41. The van der Waals surface area contributed by atoms with E-state index in [1.807, 2.05) is 30.3 Å². The standard InChI is InChI=1S/C16H16N2O3S2/c19-15(18-12-8-10-23(20,21)11-12)14-7-4-9-17-16(14)22-13-5-2-1-3-6-13/h1-7,9,12H,8,10-11H2,(H,18,19). The number of carbonyl (C=O) groups is 1. The Morgan fingerprint density at radius 3 is 2.65 bits per heavy atom. The van der Waals surface area contributed by atoms with Crippen LogP contribution in [0.5, 0.6) is 0 Å². The molecule has 1 unspecified atom stereocenters. The summed E-state index contributed by atoms with van der Waals surface area (Å²) in [7, 11) is -3.02. The smallest absolute Gasteiger partial charge is 0.254 e. The minimum absolute atomic E-state index is 0.0141. The van der Waals surface area contributed by atoms with Gasteiger partial charge in [0.25, 0.3) is 5.91 Å². The van der Waals surface area contributed by atoms with E-state index in [4.69, 9.17) is 0 Å². The van der Waals surface area contributed by atoms with Gasteiger partial charge in [-0.25, -0.2) is 13.4 Å². The molecular formula is C16H16N2O3S2. The second-order valence-corrected chi connectivity index (χ2v) is 8.64. The normalized spacial score (nSPS) is 19.4. The number of rotatable bonds is 4. The minimum atomic E-state index is -3.02. The first kappa shape index (κ1) is 16.0. The van der Waals surface area contributed by atoms with E-state index >= 15 is 0 Å². The average molecular weight is 348 g/mol. The van der Waals surface area contributed by atoms with Gasteiger partial charge in [0.15, 0.2) is 9.84 Å². The van der Waals surface area contributed by atoms with Crippen molar-refractivity contribution in [3.05, 3.63) is 54.2 Å². The molecule has 0 radical (unpaired) electrons. The second-order valence-electron chi connectivity index (χ2n) is 5.34. The van der Waals surface area contributed by atoms with Gasteiger partial charge in [-0.05, 0) is 30.7 Å². The second kappa shape index (κ2) is 6.72. The molecule has 0 bridgehead atoms. The largest absolute Gasteiger partial charge is 0.348 e. The van der Waals surface area contributed by atoms with Crippen molar-refractivity contribution in [3.63, 3.8) is 0 Å². The zero-order valence-corrected chi connectivity index (χ0v) is 13.9. The van der Waals surface area contributed by atoms with Crippen molar-refractivity contribution in [2.75, 3.05) is 11.5 Å². The molecule has 2 aromatic rings. The molecule has 1 saturated heterocycles. The SMILES string of the molecule is O=C(NC1CCS(=O)(=O)C1)c1cccnc1Sc1ccccc1. The molecule has 2 heterocycles. The van der Waals surface area contributed by atoms with Crippen LogP contribution in [0.25, 0.3) is 0 Å². The first-order valence-electron chi connectivity index (χ1n) is 7.23. The van der Waals surface area contributed by atoms with Crippen LogP contribution in [0, 0.1) is 0 Å². The van der Waals surface area contributed by atoms with Gasteiger partial charge in [-0.1, -0.05) is 30.0 Å². The maximum atomic E-state index is 12.5. The molecule has 0 spiro atoms. The molecule has 1 aliphatic rings. The lowest BCUT2D eigenvalue weighted by Gasteiger charge is -2.12. The van der Waals surface area contributed by atoms with Gasteiger partial charge in [0.2, 0.25) is 0 Å². The summed E-state index contributed by atoms with van der Waals surface area (Å²) < 4.78 is 23.0. The van der Waals surface area contributed by atoms with E-state index in [2.05, 4.69) is 10.3 Å². The molecule has 120 valence electrons. The molecule has 1 aromatic heterocycles. The highest BCUT2D eigenvalue weighted by molar-refractivity contribution is 7.99. The fourth-order valence-corrected chi connectivity index (χ4v) is 4.99. The predicted octanol–water partition coefficient (Wildman–Crippen LogP) is 2.15. The number of carbonyl (C=O) groups excluding carboxylic acids is 1. The van der Waals surface area contributed by atoms with Crippen LogP contribution in [0.1, 0.15) is 16.8 Å². The van der Waals surface area contributed by atoms with Crippen LogP contribution in [-0.2, 0) is 9.84 Å². The minimum Gasteiger partial charge on any atom is -0.348 e. The third-order valence-corrected chi connectivity index (χ3v) is 6.34. The molecule has 0 saturated carbocycles. The number of pyridine rings is 1. The predicted molar refractivity (Wildman–Crippen MR) is 89.3 cm³/mol. The summed E-state index contributed by atoms with van der Waals surface area (Å²) >= 11 is 1.41. The number of nitrogens with zero attached hydrogens (tertiary/aromatic N) is 1. The van der Waals surface area contributed by atoms with Crippen molar-refractivity contribution in [3.8, 4) is 0 Å². The topological polar surface area (TPSA) is 76.1 Å². The Bertz CT molecular complexity index is 807. The van der Waals surface area contributed by atoms with E-state index < -0.39 is 9.84 Å². The number of benzene rings is 1. The van der Waals surface area contributed by atoms with Crippen molar-refractivity contribution >= 4 is 27.5 Å². The van der Waals surface area contributed by atoms with Gasteiger partial charge in [-0.15, -0.1) is 0 Å². The van der Waals surface area contributed by atoms with Crippen molar-refractivity contribution in [1.82, 2.24) is 10.3 Å². The van der Waals surface area contributed by atoms with Crippen LogP contribution in [0.3, 0.4) is 0 Å². The van der Waals surface area contributed by atoms with Gasteiger partial charge in [0.1, 0.15) is 5.03 Å². The zero-order valence-electron chi connectivity index (χ0n) is 12.3. The summed E-state index contributed by atoms with van der Waals surface area (Å²) in [4.78, 5) is 17.7. The number of nitrogens with one attached hydrogen (secondary N) is 1. The number of sulfone groups is 1. The van der Waals surface area contributed by atoms with Crippen molar-refractivity contribution in [1.29, 1.82) is 0 Å². The van der Waals surface area contributed by atoms with Crippen LogP contribution in [0.15, 0.2) is 58.6 Å². The zero-order chi connectivity index (χ0) is 16.3. The van der Waals surface area contributed by atoms with Gasteiger partial charge in [0.05, 0.1) is 17.1 Å². The Kier molecular flexibility index (Phi) is 4.68. The highest BCUT2D eigenvalue weighted by atomic mass is 32.2. The molecule has 5 nitrogen and oxygen atoms in total. The van der Waals surface area contributed by atoms with E-state index in [1.54, 1.807) is 18.3 Å². The maximum Gasteiger partial charge on any atom is 0.254 e.